The van der Waals surface area contributed by atoms with Gasteiger partial charge in [0.05, 0.1) is 28.3 Å². The molecule has 1 aliphatic rings. The highest BCUT2D eigenvalue weighted by atomic mass is 35.5. The molecule has 1 atom stereocenters. The second-order valence-electron chi connectivity index (χ2n) is 5.94. The lowest BCUT2D eigenvalue weighted by molar-refractivity contribution is -0.125. The van der Waals surface area contributed by atoms with Crippen molar-refractivity contribution >= 4 is 40.7 Å². The molecule has 2 amide bonds. The lowest BCUT2D eigenvalue weighted by Gasteiger charge is -2.34. The third kappa shape index (κ3) is 3.95. The van der Waals surface area contributed by atoms with Crippen LogP contribution < -0.4 is 11.1 Å². The van der Waals surface area contributed by atoms with E-state index in [0.29, 0.717) is 28.7 Å². The number of hydrogen-bond donors (Lipinski definition) is 2. The van der Waals surface area contributed by atoms with Crippen LogP contribution >= 0.6 is 23.2 Å². The van der Waals surface area contributed by atoms with Gasteiger partial charge in [0.1, 0.15) is 0 Å². The molecule has 0 aromatic heterocycles. The van der Waals surface area contributed by atoms with E-state index < -0.39 is 11.9 Å². The molecule has 2 aromatic carbocycles. The first-order valence-electron chi connectivity index (χ1n) is 7.79. The monoisotopic (exact) mass is 377 g/mol. The fourth-order valence-corrected chi connectivity index (χ4v) is 3.50. The van der Waals surface area contributed by atoms with Crippen molar-refractivity contribution in [2.75, 3.05) is 11.9 Å². The van der Waals surface area contributed by atoms with Crippen LogP contribution in [0.1, 0.15) is 11.1 Å². The minimum Gasteiger partial charge on any atom is -0.368 e. The molecule has 3 N–H and O–H groups in total. The van der Waals surface area contributed by atoms with Gasteiger partial charge in [0, 0.05) is 6.54 Å². The van der Waals surface area contributed by atoms with Crippen LogP contribution in [0.15, 0.2) is 42.5 Å². The fourth-order valence-electron chi connectivity index (χ4n) is 3.00. The summed E-state index contributed by atoms with van der Waals surface area (Å²) in [6.45, 7) is 0.497. The Morgan fingerprint density at radius 2 is 1.72 bits per heavy atom. The molecule has 0 bridgehead atoms. The maximum atomic E-state index is 12.4. The molecule has 0 unspecified atom stereocenters. The molecule has 0 radical (unpaired) electrons. The first-order valence-corrected chi connectivity index (χ1v) is 8.55. The molecule has 5 nitrogen and oxygen atoms in total. The molecule has 130 valence electrons. The van der Waals surface area contributed by atoms with Crippen LogP contribution in [-0.4, -0.2) is 29.3 Å². The summed E-state index contributed by atoms with van der Waals surface area (Å²) < 4.78 is 0. The van der Waals surface area contributed by atoms with E-state index in [1.807, 2.05) is 24.3 Å². The molecule has 0 fully saturated rings. The number of anilines is 1. The minimum absolute atomic E-state index is 0.0174. The van der Waals surface area contributed by atoms with E-state index in [-0.39, 0.29) is 12.5 Å². The number of halogens is 2. The van der Waals surface area contributed by atoms with Crippen molar-refractivity contribution < 1.29 is 9.59 Å². The summed E-state index contributed by atoms with van der Waals surface area (Å²) in [5.74, 6) is -0.751. The normalized spacial score (nSPS) is 17.0. The number of primary amides is 1. The Labute approximate surface area is 155 Å². The van der Waals surface area contributed by atoms with Crippen LogP contribution in [0.5, 0.6) is 0 Å². The predicted molar refractivity (Wildman–Crippen MR) is 98.6 cm³/mol. The van der Waals surface area contributed by atoms with Crippen LogP contribution in [-0.2, 0) is 22.6 Å². The number of hydrogen-bond acceptors (Lipinski definition) is 3. The largest absolute Gasteiger partial charge is 0.368 e. The van der Waals surface area contributed by atoms with Crippen LogP contribution in [0.25, 0.3) is 0 Å². The Morgan fingerprint density at radius 3 is 2.36 bits per heavy atom. The number of para-hydroxylation sites is 1. The van der Waals surface area contributed by atoms with E-state index in [0.717, 1.165) is 11.1 Å². The van der Waals surface area contributed by atoms with Gasteiger partial charge in [0.25, 0.3) is 0 Å². The maximum Gasteiger partial charge on any atom is 0.238 e. The zero-order valence-corrected chi connectivity index (χ0v) is 14.8. The molecule has 7 heteroatoms. The van der Waals surface area contributed by atoms with E-state index in [9.17, 15) is 9.59 Å². The minimum atomic E-state index is -0.526. The Bertz CT molecular complexity index is 805. The number of nitrogens with two attached hydrogens (primary N) is 1. The third-order valence-corrected chi connectivity index (χ3v) is 4.88. The highest BCUT2D eigenvalue weighted by Crippen LogP contribution is 2.30. The summed E-state index contributed by atoms with van der Waals surface area (Å²) in [6, 6.07) is 12.3. The number of benzene rings is 2. The second kappa shape index (κ2) is 7.44. The zero-order valence-electron chi connectivity index (χ0n) is 13.3. The Hall–Kier alpha value is -2.08. The molecule has 1 heterocycles. The molecule has 25 heavy (non-hydrogen) atoms. The second-order valence-corrected chi connectivity index (χ2v) is 6.76. The lowest BCUT2D eigenvalue weighted by Crippen LogP contribution is -2.50. The van der Waals surface area contributed by atoms with E-state index in [2.05, 4.69) is 5.32 Å². The topological polar surface area (TPSA) is 75.4 Å². The molecular weight excluding hydrogens is 361 g/mol. The van der Waals surface area contributed by atoms with E-state index >= 15 is 0 Å². The van der Waals surface area contributed by atoms with E-state index in [4.69, 9.17) is 28.9 Å². The average molecular weight is 378 g/mol. The van der Waals surface area contributed by atoms with Gasteiger partial charge in [-0.15, -0.1) is 0 Å². The standard InChI is InChI=1S/C18H17Cl2N3O2/c19-13-6-3-7-14(20)17(13)22-16(24)10-23-9-12-5-2-1-4-11(12)8-15(23)18(21)25/h1-7,15H,8-10H2,(H2,21,25)(H,22,24)/t15-/m0/s1. The van der Waals surface area contributed by atoms with E-state index in [1.165, 1.54) is 0 Å². The molecule has 0 saturated carbocycles. The Kier molecular flexibility index (Phi) is 5.27. The molecular formula is C18H17Cl2N3O2. The van der Waals surface area contributed by atoms with Crippen LogP contribution in [0, 0.1) is 0 Å². The smallest absolute Gasteiger partial charge is 0.238 e. The van der Waals surface area contributed by atoms with Crippen LogP contribution in [0.4, 0.5) is 5.69 Å². The first-order chi connectivity index (χ1) is 12.0. The van der Waals surface area contributed by atoms with Crippen molar-refractivity contribution in [2.24, 2.45) is 5.73 Å². The zero-order chi connectivity index (χ0) is 18.0. The predicted octanol–water partition coefficient (Wildman–Crippen LogP) is 2.84. The van der Waals surface area contributed by atoms with Gasteiger partial charge in [0.2, 0.25) is 11.8 Å². The van der Waals surface area contributed by atoms with E-state index in [1.54, 1.807) is 23.1 Å². The van der Waals surface area contributed by atoms with Crippen molar-refractivity contribution in [1.82, 2.24) is 4.90 Å². The van der Waals surface area contributed by atoms with Crippen molar-refractivity contribution in [2.45, 2.75) is 19.0 Å². The number of nitrogens with one attached hydrogen (secondary N) is 1. The summed E-state index contributed by atoms with van der Waals surface area (Å²) in [5, 5.41) is 3.43. The number of carbonyl (C=O) groups excluding carboxylic acids is 2. The molecule has 0 spiro atoms. The van der Waals surface area contributed by atoms with Gasteiger partial charge in [-0.05, 0) is 29.7 Å². The van der Waals surface area contributed by atoms with Crippen molar-refractivity contribution in [3.8, 4) is 0 Å². The highest BCUT2D eigenvalue weighted by molar-refractivity contribution is 6.39. The summed E-state index contributed by atoms with van der Waals surface area (Å²) in [7, 11) is 0. The average Bonchev–Trinajstić information content (AvgIpc) is 2.57. The van der Waals surface area contributed by atoms with Gasteiger partial charge in [-0.2, -0.15) is 0 Å². The first kappa shape index (κ1) is 17.7. The van der Waals surface area contributed by atoms with Gasteiger partial charge in [0.15, 0.2) is 0 Å². The van der Waals surface area contributed by atoms with Crippen molar-refractivity contribution in [1.29, 1.82) is 0 Å². The van der Waals surface area contributed by atoms with Gasteiger partial charge in [-0.1, -0.05) is 53.5 Å². The van der Waals surface area contributed by atoms with Crippen molar-refractivity contribution in [3.05, 3.63) is 63.6 Å². The number of fused-ring (bicyclic) bond motifs is 1. The van der Waals surface area contributed by atoms with Gasteiger partial charge < -0.3 is 11.1 Å². The lowest BCUT2D eigenvalue weighted by atomic mass is 9.93. The SMILES string of the molecule is NC(=O)[C@@H]1Cc2ccccc2CN1CC(=O)Nc1c(Cl)cccc1Cl. The van der Waals surface area contributed by atoms with Gasteiger partial charge >= 0.3 is 0 Å². The summed E-state index contributed by atoms with van der Waals surface area (Å²) >= 11 is 12.2. The fraction of sp³-hybridized carbons (Fsp3) is 0.222. The summed E-state index contributed by atoms with van der Waals surface area (Å²) in [5.41, 5.74) is 8.07. The van der Waals surface area contributed by atoms with Crippen molar-refractivity contribution in [3.63, 3.8) is 0 Å². The molecule has 0 saturated heterocycles. The van der Waals surface area contributed by atoms with Crippen LogP contribution in [0.2, 0.25) is 10.0 Å². The third-order valence-electron chi connectivity index (χ3n) is 4.25. The maximum absolute atomic E-state index is 12.4. The quantitative estimate of drug-likeness (QED) is 0.859. The van der Waals surface area contributed by atoms with Gasteiger partial charge in [-0.3, -0.25) is 14.5 Å². The number of rotatable bonds is 4. The number of amides is 2. The Morgan fingerprint density at radius 1 is 1.08 bits per heavy atom. The number of carbonyl (C=O) groups is 2. The highest BCUT2D eigenvalue weighted by Gasteiger charge is 2.31. The molecule has 2 aromatic rings. The molecule has 0 aliphatic carbocycles. The molecule has 1 aliphatic heterocycles. The van der Waals surface area contributed by atoms with Gasteiger partial charge in [-0.25, -0.2) is 0 Å². The van der Waals surface area contributed by atoms with Crippen LogP contribution in [0.3, 0.4) is 0 Å². The Balaban J connectivity index is 1.76. The summed E-state index contributed by atoms with van der Waals surface area (Å²) in [4.78, 5) is 26.0. The molecule has 3 rings (SSSR count). The number of nitrogens with zero attached hydrogens (tertiary/aromatic N) is 1. The summed E-state index contributed by atoms with van der Waals surface area (Å²) in [6.07, 6.45) is 0.492.